The first-order valence-electron chi connectivity index (χ1n) is 6.11. The van der Waals surface area contributed by atoms with E-state index in [1.54, 1.807) is 6.07 Å². The number of hydrogen-bond acceptors (Lipinski definition) is 4. The van der Waals surface area contributed by atoms with Gasteiger partial charge in [0.1, 0.15) is 0 Å². The van der Waals surface area contributed by atoms with E-state index in [0.717, 1.165) is 4.88 Å². The van der Waals surface area contributed by atoms with Crippen molar-refractivity contribution in [1.29, 1.82) is 0 Å². The molecular weight excluding hydrogens is 306 g/mol. The lowest BCUT2D eigenvalue weighted by Gasteiger charge is -2.14. The molecular formula is C12H16ClNO3S2. The number of rotatable bonds is 4. The number of hydrogen-bond donors (Lipinski definition) is 1. The van der Waals surface area contributed by atoms with Crippen LogP contribution >= 0.6 is 22.9 Å². The maximum atomic E-state index is 11.9. The third-order valence-corrected chi connectivity index (χ3v) is 6.45. The van der Waals surface area contributed by atoms with Crippen LogP contribution in [0.5, 0.6) is 0 Å². The van der Waals surface area contributed by atoms with Gasteiger partial charge in [0.2, 0.25) is 5.91 Å². The highest BCUT2D eigenvalue weighted by Crippen LogP contribution is 2.27. The van der Waals surface area contributed by atoms with Crippen LogP contribution in [0.4, 0.5) is 0 Å². The van der Waals surface area contributed by atoms with Crippen molar-refractivity contribution in [2.75, 3.05) is 11.5 Å². The van der Waals surface area contributed by atoms with E-state index in [1.165, 1.54) is 11.3 Å². The van der Waals surface area contributed by atoms with Crippen LogP contribution in [0.1, 0.15) is 30.7 Å². The highest BCUT2D eigenvalue weighted by molar-refractivity contribution is 7.91. The predicted molar refractivity (Wildman–Crippen MR) is 77.3 cm³/mol. The van der Waals surface area contributed by atoms with Crippen LogP contribution in [0.2, 0.25) is 4.34 Å². The van der Waals surface area contributed by atoms with Crippen LogP contribution in [0.25, 0.3) is 0 Å². The molecule has 1 aromatic rings. The highest BCUT2D eigenvalue weighted by Gasteiger charge is 2.29. The molecule has 19 heavy (non-hydrogen) atoms. The molecule has 0 aliphatic carbocycles. The molecule has 0 radical (unpaired) electrons. The van der Waals surface area contributed by atoms with Crippen molar-refractivity contribution in [1.82, 2.24) is 5.32 Å². The van der Waals surface area contributed by atoms with Crippen molar-refractivity contribution >= 4 is 38.7 Å². The van der Waals surface area contributed by atoms with Crippen LogP contribution in [0.3, 0.4) is 0 Å². The Bertz CT molecular complexity index is 567. The van der Waals surface area contributed by atoms with Gasteiger partial charge in [-0.25, -0.2) is 8.42 Å². The Morgan fingerprint density at radius 1 is 1.58 bits per heavy atom. The zero-order chi connectivity index (χ0) is 14.0. The molecule has 0 spiro atoms. The second-order valence-corrected chi connectivity index (χ2v) is 8.88. The Hall–Kier alpha value is -0.590. The summed E-state index contributed by atoms with van der Waals surface area (Å²) < 4.78 is 23.3. The maximum absolute atomic E-state index is 11.9. The summed E-state index contributed by atoms with van der Waals surface area (Å²) in [5.74, 6) is 0.212. The Balaban J connectivity index is 1.85. The van der Waals surface area contributed by atoms with Gasteiger partial charge in [0.05, 0.1) is 21.9 Å². The van der Waals surface area contributed by atoms with E-state index in [4.69, 9.17) is 11.6 Å². The SMILES string of the molecule is CC(NC(=O)CC1CCS(=O)(=O)C1)c1ccc(Cl)s1. The van der Waals surface area contributed by atoms with Gasteiger partial charge >= 0.3 is 0 Å². The van der Waals surface area contributed by atoms with E-state index in [9.17, 15) is 13.2 Å². The molecule has 1 N–H and O–H groups in total. The molecule has 4 nitrogen and oxygen atoms in total. The van der Waals surface area contributed by atoms with E-state index < -0.39 is 9.84 Å². The summed E-state index contributed by atoms with van der Waals surface area (Å²) in [4.78, 5) is 12.9. The quantitative estimate of drug-likeness (QED) is 0.926. The number of nitrogens with one attached hydrogen (secondary N) is 1. The van der Waals surface area contributed by atoms with Crippen molar-refractivity contribution in [3.8, 4) is 0 Å². The molecule has 2 rings (SSSR count). The predicted octanol–water partition coefficient (Wildman–Crippen LogP) is 2.40. The summed E-state index contributed by atoms with van der Waals surface area (Å²) in [5.41, 5.74) is 0. The molecule has 2 atom stereocenters. The van der Waals surface area contributed by atoms with E-state index in [2.05, 4.69) is 5.32 Å². The lowest BCUT2D eigenvalue weighted by atomic mass is 10.0. The van der Waals surface area contributed by atoms with E-state index in [-0.39, 0.29) is 35.8 Å². The fourth-order valence-electron chi connectivity index (χ4n) is 2.23. The summed E-state index contributed by atoms with van der Waals surface area (Å²) in [6, 6.07) is 3.59. The average molecular weight is 322 g/mol. The lowest BCUT2D eigenvalue weighted by Crippen LogP contribution is -2.28. The first-order valence-corrected chi connectivity index (χ1v) is 9.12. The molecule has 1 aromatic heterocycles. The van der Waals surface area contributed by atoms with Crippen molar-refractivity contribution in [2.45, 2.75) is 25.8 Å². The summed E-state index contributed by atoms with van der Waals surface area (Å²) in [6.45, 7) is 1.89. The first-order chi connectivity index (χ1) is 8.85. The zero-order valence-electron chi connectivity index (χ0n) is 10.6. The topological polar surface area (TPSA) is 63.2 Å². The third-order valence-electron chi connectivity index (χ3n) is 3.20. The third kappa shape index (κ3) is 4.19. The Morgan fingerprint density at radius 2 is 2.32 bits per heavy atom. The second kappa shape index (κ2) is 5.81. The van der Waals surface area contributed by atoms with Gasteiger partial charge in [-0.3, -0.25) is 4.79 Å². The van der Waals surface area contributed by atoms with Gasteiger partial charge in [0, 0.05) is 11.3 Å². The van der Waals surface area contributed by atoms with E-state index >= 15 is 0 Å². The number of sulfone groups is 1. The number of thiophene rings is 1. The zero-order valence-corrected chi connectivity index (χ0v) is 12.9. The minimum atomic E-state index is -2.91. The first kappa shape index (κ1) is 14.8. The van der Waals surface area contributed by atoms with Crippen LogP contribution < -0.4 is 5.32 Å². The Labute approximate surface area is 122 Å². The summed E-state index contributed by atoms with van der Waals surface area (Å²) in [5, 5.41) is 2.88. The molecule has 106 valence electrons. The average Bonchev–Trinajstić information content (AvgIpc) is 2.85. The van der Waals surface area contributed by atoms with Crippen molar-refractivity contribution in [2.24, 2.45) is 5.92 Å². The molecule has 1 saturated heterocycles. The number of carbonyl (C=O) groups is 1. The molecule has 1 aliphatic rings. The Morgan fingerprint density at radius 3 is 2.84 bits per heavy atom. The molecule has 2 heterocycles. The van der Waals surface area contributed by atoms with Gasteiger partial charge in [0.15, 0.2) is 9.84 Å². The minimum absolute atomic E-state index is 0.0378. The molecule has 0 bridgehead atoms. The van der Waals surface area contributed by atoms with Crippen LogP contribution in [0, 0.1) is 5.92 Å². The Kier molecular flexibility index (Phi) is 4.53. The highest BCUT2D eigenvalue weighted by atomic mass is 35.5. The van der Waals surface area contributed by atoms with Gasteiger partial charge in [-0.2, -0.15) is 0 Å². The van der Waals surface area contributed by atoms with E-state index in [0.29, 0.717) is 10.8 Å². The van der Waals surface area contributed by atoms with Crippen molar-refractivity contribution in [3.63, 3.8) is 0 Å². The van der Waals surface area contributed by atoms with Gasteiger partial charge in [-0.1, -0.05) is 11.6 Å². The molecule has 1 fully saturated rings. The monoisotopic (exact) mass is 321 g/mol. The fraction of sp³-hybridized carbons (Fsp3) is 0.583. The number of amides is 1. The summed E-state index contributed by atoms with van der Waals surface area (Å²) in [6.07, 6.45) is 0.873. The lowest BCUT2D eigenvalue weighted by molar-refractivity contribution is -0.122. The standard InChI is InChI=1S/C12H16ClNO3S2/c1-8(10-2-3-11(13)18-10)14-12(15)6-9-4-5-19(16,17)7-9/h2-3,8-9H,4-7H2,1H3,(H,14,15). The van der Waals surface area contributed by atoms with Gasteiger partial charge in [-0.15, -0.1) is 11.3 Å². The summed E-state index contributed by atoms with van der Waals surface area (Å²) >= 11 is 7.28. The molecule has 0 saturated carbocycles. The van der Waals surface area contributed by atoms with Crippen molar-refractivity contribution < 1.29 is 13.2 Å². The fourth-order valence-corrected chi connectivity index (χ4v) is 5.15. The van der Waals surface area contributed by atoms with Crippen LogP contribution in [-0.4, -0.2) is 25.8 Å². The van der Waals surface area contributed by atoms with Gasteiger partial charge < -0.3 is 5.32 Å². The van der Waals surface area contributed by atoms with Gasteiger partial charge in [-0.05, 0) is 31.4 Å². The van der Waals surface area contributed by atoms with Crippen LogP contribution in [-0.2, 0) is 14.6 Å². The summed E-state index contributed by atoms with van der Waals surface area (Å²) in [7, 11) is -2.91. The minimum Gasteiger partial charge on any atom is -0.349 e. The van der Waals surface area contributed by atoms with E-state index in [1.807, 2.05) is 13.0 Å². The second-order valence-electron chi connectivity index (χ2n) is 4.90. The van der Waals surface area contributed by atoms with Crippen LogP contribution in [0.15, 0.2) is 12.1 Å². The van der Waals surface area contributed by atoms with Crippen molar-refractivity contribution in [3.05, 3.63) is 21.3 Å². The number of carbonyl (C=O) groups excluding carboxylic acids is 1. The normalized spacial score (nSPS) is 23.2. The molecule has 0 aromatic carbocycles. The van der Waals surface area contributed by atoms with Gasteiger partial charge in [0.25, 0.3) is 0 Å². The smallest absolute Gasteiger partial charge is 0.220 e. The number of halogens is 1. The molecule has 1 aliphatic heterocycles. The molecule has 1 amide bonds. The largest absolute Gasteiger partial charge is 0.349 e. The molecule has 2 unspecified atom stereocenters. The maximum Gasteiger partial charge on any atom is 0.220 e. The molecule has 7 heteroatoms.